The fraction of sp³-hybridized carbons (Fsp3) is 0.148. The Bertz CT molecular complexity index is 3980. The molecular formula is C81H81Ir2N8O4OsP2. The zero-order chi connectivity index (χ0) is 67.6. The van der Waals surface area contributed by atoms with Crippen LogP contribution in [0, 0.1) is 26.0 Å². The van der Waals surface area contributed by atoms with Gasteiger partial charge >= 0.3 is 19.8 Å². The van der Waals surface area contributed by atoms with E-state index in [0.717, 1.165) is 74.8 Å². The van der Waals surface area contributed by atoms with E-state index in [1.54, 1.807) is 18.6 Å². The minimum atomic E-state index is -0.545. The first-order chi connectivity index (χ1) is 46.1. The summed E-state index contributed by atoms with van der Waals surface area (Å²) in [5.74, 6) is 1.15. The SMILES string of the molecule is CC(=O)C=C(C)O.CC(=O)C=C(C)O.C[PH+](c1ccccc1)c1ccccc1.C[PH+](c1ccccc1)c1ccccc1.Cc1ccnc(-c2nc(C)n[n-]2)c1.[Ir].[Ir].[Os+].[c-]1ccccc1-c1nc2c(nc1-c1ccccc1)CCCC2.[c-]1ccccc1-c1nccnc1-c1ccccc1. The maximum absolute atomic E-state index is 10.0. The predicted molar refractivity (Wildman–Crippen MR) is 395 cm³/mol. The maximum atomic E-state index is 10.0. The first-order valence-corrected chi connectivity index (χ1v) is 35.3. The molecule has 12 nitrogen and oxygen atoms in total. The van der Waals surface area contributed by atoms with Crippen LogP contribution in [-0.4, -0.2) is 70.1 Å². The first-order valence-electron chi connectivity index (χ1n) is 31.3. The van der Waals surface area contributed by atoms with Crippen LogP contribution in [0.2, 0.25) is 0 Å². The van der Waals surface area contributed by atoms with Crippen LogP contribution in [0.25, 0.3) is 56.5 Å². The molecule has 4 heterocycles. The van der Waals surface area contributed by atoms with E-state index in [4.69, 9.17) is 20.2 Å². The molecule has 0 spiro atoms. The number of nitrogens with zero attached hydrogens (tertiary/aromatic N) is 8. The van der Waals surface area contributed by atoms with Crippen molar-refractivity contribution in [1.29, 1.82) is 0 Å². The average Bonchev–Trinajstić information content (AvgIpc) is 0.922. The van der Waals surface area contributed by atoms with Crippen molar-refractivity contribution in [2.75, 3.05) is 13.3 Å². The van der Waals surface area contributed by atoms with Crippen LogP contribution in [0.4, 0.5) is 0 Å². The number of hydrogen-bond acceptors (Lipinski definition) is 11. The molecule has 0 fully saturated rings. The number of rotatable bonds is 11. The Labute approximate surface area is 620 Å². The zero-order valence-electron chi connectivity index (χ0n) is 56.1. The van der Waals surface area contributed by atoms with Crippen LogP contribution in [0.15, 0.2) is 285 Å². The van der Waals surface area contributed by atoms with Crippen LogP contribution < -0.4 is 26.3 Å². The summed E-state index contributed by atoms with van der Waals surface area (Å²) in [6, 6.07) is 89.6. The zero-order valence-corrected chi connectivity index (χ0v) is 65.4. The van der Waals surface area contributed by atoms with Gasteiger partial charge in [0.25, 0.3) is 0 Å². The summed E-state index contributed by atoms with van der Waals surface area (Å²) < 4.78 is 0. The molecule has 0 bridgehead atoms. The molecule has 0 aliphatic heterocycles. The van der Waals surface area contributed by atoms with E-state index in [0.29, 0.717) is 11.6 Å². The molecule has 0 saturated carbocycles. The molecule has 0 saturated heterocycles. The monoisotopic (exact) mass is 1870 g/mol. The molecule has 0 unspecified atom stereocenters. The summed E-state index contributed by atoms with van der Waals surface area (Å²) in [7, 11) is -1.09. The minimum absolute atomic E-state index is 0. The van der Waals surface area contributed by atoms with Gasteiger partial charge in [0.1, 0.15) is 0 Å². The Kier molecular flexibility index (Phi) is 37.7. The van der Waals surface area contributed by atoms with Crippen molar-refractivity contribution in [3.8, 4) is 56.5 Å². The molecule has 12 aromatic rings. The van der Waals surface area contributed by atoms with Gasteiger partial charge in [-0.05, 0) is 150 Å². The summed E-state index contributed by atoms with van der Waals surface area (Å²) in [6.07, 6.45) is 12.0. The number of aryl methyl sites for hydroxylation is 4. The van der Waals surface area contributed by atoms with Gasteiger partial charge in [0, 0.05) is 88.2 Å². The van der Waals surface area contributed by atoms with Crippen molar-refractivity contribution in [2.45, 2.75) is 67.2 Å². The van der Waals surface area contributed by atoms with Gasteiger partial charge in [-0.2, -0.15) is 0 Å². The quantitative estimate of drug-likeness (QED) is 0.0543. The second-order valence-corrected chi connectivity index (χ2v) is 26.8. The van der Waals surface area contributed by atoms with Gasteiger partial charge in [0.05, 0.1) is 90.4 Å². The molecule has 8 aromatic carbocycles. The van der Waals surface area contributed by atoms with Gasteiger partial charge in [-0.15, -0.1) is 71.8 Å². The number of fused-ring (bicyclic) bond motifs is 1. The van der Waals surface area contributed by atoms with E-state index in [9.17, 15) is 9.59 Å². The van der Waals surface area contributed by atoms with Crippen molar-refractivity contribution in [3.05, 3.63) is 320 Å². The van der Waals surface area contributed by atoms with Crippen molar-refractivity contribution in [2.24, 2.45) is 0 Å². The summed E-state index contributed by atoms with van der Waals surface area (Å²) in [5.41, 5.74) is 12.1. The Morgan fingerprint density at radius 1 is 0.449 bits per heavy atom. The normalized spacial score (nSPS) is 10.9. The third kappa shape index (κ3) is 28.1. The van der Waals surface area contributed by atoms with Crippen LogP contribution >= 0.6 is 15.8 Å². The number of allylic oxidation sites excluding steroid dienone is 4. The Morgan fingerprint density at radius 2 is 0.816 bits per heavy atom. The minimum Gasteiger partial charge on any atom is -0.512 e. The van der Waals surface area contributed by atoms with E-state index in [1.165, 1.54) is 79.6 Å². The molecule has 1 aliphatic carbocycles. The second-order valence-electron chi connectivity index (χ2n) is 22.0. The fourth-order valence-corrected chi connectivity index (χ4v) is 13.1. The van der Waals surface area contributed by atoms with E-state index in [1.807, 2.05) is 105 Å². The topological polar surface area (TPSA) is 179 Å². The molecular weight excluding hydrogens is 1790 g/mol. The van der Waals surface area contributed by atoms with Crippen LogP contribution in [0.1, 0.15) is 63.3 Å². The number of ketones is 2. The van der Waals surface area contributed by atoms with Crippen molar-refractivity contribution in [1.82, 2.24) is 40.1 Å². The van der Waals surface area contributed by atoms with Gasteiger partial charge in [-0.1, -0.05) is 133 Å². The second kappa shape index (κ2) is 45.1. The van der Waals surface area contributed by atoms with Crippen LogP contribution in [0.5, 0.6) is 0 Å². The van der Waals surface area contributed by atoms with Gasteiger partial charge in [0.2, 0.25) is 0 Å². The number of carbonyl (C=O) groups is 2. The van der Waals surface area contributed by atoms with E-state index in [-0.39, 0.29) is 83.1 Å². The molecule has 13 rings (SSSR count). The number of hydrogen-bond donors (Lipinski definition) is 2. The molecule has 17 heteroatoms. The standard InChI is InChI=1S/C20H17N2.C16H11N2.2C13H13P.C9H9N4.2C5H8O2.2Ir.Os/c1-3-9-15(10-4-1)19-20(16-11-5-2-6-12-16)22-18-14-8-7-13-17(18)21-19;1-3-7-13(8-4-1)15-16(18-12-11-17-15)14-9-5-2-6-10-14;2*1-14(12-8-4-2-5-9-12)13-10-6-3-7-11-13;1-6-3-4-10-8(5-6)9-11-7(2)12-13-9;2*1-4(6)3-5(2)7;;;/h1-6,9-11H,7-8,13-14H2;1-9,11-12H;2*2-11H,1H3;3-5H,1-2H3;2*3,6H,1-2H3;;;/q2*-1;;;-1;;;;;+1/p+2. The molecule has 2 N–H and O–H groups in total. The Hall–Kier alpha value is -8.57. The summed E-state index contributed by atoms with van der Waals surface area (Å²) in [4.78, 5) is 47.1. The van der Waals surface area contributed by atoms with E-state index in [2.05, 4.69) is 207 Å². The number of aliphatic hydroxyl groups is 2. The smallest absolute Gasteiger partial charge is 0.512 e. The third-order valence-corrected chi connectivity index (χ3v) is 19.0. The van der Waals surface area contributed by atoms with Crippen molar-refractivity contribution in [3.63, 3.8) is 0 Å². The number of aromatic nitrogens is 8. The first kappa shape index (κ1) is 81.9. The molecule has 4 aromatic heterocycles. The number of aliphatic hydroxyl groups excluding tert-OH is 2. The predicted octanol–water partition coefficient (Wildman–Crippen LogP) is 16.2. The van der Waals surface area contributed by atoms with Crippen LogP contribution in [0.3, 0.4) is 0 Å². The average molecular weight is 1870 g/mol. The Balaban J connectivity index is 0.000000249. The van der Waals surface area contributed by atoms with Crippen LogP contribution in [-0.2, 0) is 82.4 Å². The Morgan fingerprint density at radius 3 is 1.16 bits per heavy atom. The number of pyridine rings is 1. The molecule has 3 radical (unpaired) electrons. The van der Waals surface area contributed by atoms with Gasteiger partial charge in [-0.3, -0.25) is 34.6 Å². The number of benzene rings is 8. The molecule has 1 aliphatic rings. The number of carbonyl (C=O) groups excluding carboxylic acids is 2. The van der Waals surface area contributed by atoms with Gasteiger partial charge in [-0.25, -0.2) is 0 Å². The van der Waals surface area contributed by atoms with Crippen molar-refractivity contribution < 1.29 is 79.8 Å². The molecule has 0 amide bonds. The fourth-order valence-electron chi connectivity index (χ4n) is 9.66. The van der Waals surface area contributed by atoms with Gasteiger partial charge < -0.3 is 25.3 Å². The summed E-state index contributed by atoms with van der Waals surface area (Å²) in [5, 5.41) is 30.4. The third-order valence-electron chi connectivity index (χ3n) is 14.2. The van der Waals surface area contributed by atoms with Gasteiger partial charge in [0.15, 0.2) is 11.6 Å². The summed E-state index contributed by atoms with van der Waals surface area (Å²) in [6.45, 7) is 14.2. The van der Waals surface area contributed by atoms with E-state index >= 15 is 0 Å². The molecule has 0 atom stereocenters. The maximum Gasteiger partial charge on any atom is 1.00 e. The molecule has 505 valence electrons. The summed E-state index contributed by atoms with van der Waals surface area (Å²) >= 11 is 0. The molecule has 98 heavy (non-hydrogen) atoms. The largest absolute Gasteiger partial charge is 1.00 e. The van der Waals surface area contributed by atoms with Crippen molar-refractivity contribution >= 4 is 48.6 Å². The van der Waals surface area contributed by atoms with E-state index < -0.39 is 15.8 Å².